The zero-order valence-electron chi connectivity index (χ0n) is 14.4. The van der Waals surface area contributed by atoms with E-state index in [1.807, 2.05) is 40.8 Å². The predicted octanol–water partition coefficient (Wildman–Crippen LogP) is 3.95. The second kappa shape index (κ2) is 6.87. The number of nitrogens with zero attached hydrogens (tertiary/aromatic N) is 3. The molecule has 1 aromatic heterocycles. The van der Waals surface area contributed by atoms with Crippen LogP contribution in [-0.4, -0.2) is 27.4 Å². The van der Waals surface area contributed by atoms with Gasteiger partial charge in [-0.1, -0.05) is 42.0 Å². The van der Waals surface area contributed by atoms with Crippen molar-refractivity contribution in [2.24, 2.45) is 0 Å². The summed E-state index contributed by atoms with van der Waals surface area (Å²) >= 11 is 0. The first-order chi connectivity index (χ1) is 11.6. The van der Waals surface area contributed by atoms with Gasteiger partial charge < -0.3 is 9.47 Å². The molecule has 0 saturated carbocycles. The third-order valence-electron chi connectivity index (χ3n) is 4.63. The minimum atomic E-state index is 0.0673. The number of hydrogen-bond donors (Lipinski definition) is 0. The van der Waals surface area contributed by atoms with Crippen LogP contribution in [0.5, 0.6) is 0 Å². The lowest BCUT2D eigenvalue weighted by molar-refractivity contribution is -0.132. The number of hydrogen-bond acceptors (Lipinski definition) is 2. The number of aryl methyl sites for hydroxylation is 2. The molecule has 124 valence electrons. The summed E-state index contributed by atoms with van der Waals surface area (Å²) in [6.07, 6.45) is 2.27. The zero-order valence-corrected chi connectivity index (χ0v) is 14.4. The number of imidazole rings is 1. The van der Waals surface area contributed by atoms with Crippen molar-refractivity contribution >= 4 is 16.9 Å². The van der Waals surface area contributed by atoms with E-state index in [1.54, 1.807) is 6.33 Å². The molecule has 0 aliphatic heterocycles. The number of amides is 1. The van der Waals surface area contributed by atoms with Crippen LogP contribution in [0.3, 0.4) is 0 Å². The fourth-order valence-electron chi connectivity index (χ4n) is 2.87. The summed E-state index contributed by atoms with van der Waals surface area (Å²) in [5, 5.41) is 0. The molecule has 0 aliphatic rings. The number of carbonyl (C=O) groups is 1. The second-order valence-corrected chi connectivity index (χ2v) is 6.27. The summed E-state index contributed by atoms with van der Waals surface area (Å²) < 4.78 is 2.04. The molecule has 3 aromatic rings. The van der Waals surface area contributed by atoms with Crippen molar-refractivity contribution in [3.8, 4) is 0 Å². The molecule has 1 unspecified atom stereocenters. The Morgan fingerprint density at radius 3 is 2.62 bits per heavy atom. The van der Waals surface area contributed by atoms with Crippen LogP contribution >= 0.6 is 0 Å². The van der Waals surface area contributed by atoms with Gasteiger partial charge in [0.25, 0.3) is 0 Å². The molecule has 1 atom stereocenters. The van der Waals surface area contributed by atoms with E-state index >= 15 is 0 Å². The van der Waals surface area contributed by atoms with E-state index in [2.05, 4.69) is 43.1 Å². The molecule has 24 heavy (non-hydrogen) atoms. The van der Waals surface area contributed by atoms with Crippen molar-refractivity contribution < 1.29 is 4.79 Å². The number of rotatable bonds is 5. The summed E-state index contributed by atoms with van der Waals surface area (Å²) in [7, 11) is 1.87. The highest BCUT2D eigenvalue weighted by atomic mass is 16.2. The fraction of sp³-hybridized carbons (Fsp3) is 0.300. The molecule has 0 spiro atoms. The SMILES string of the molecule is Cc1ccc(C(C)N(C)C(=O)CCn2cnc3ccccc32)cc1. The molecular weight excluding hydrogens is 298 g/mol. The number of carbonyl (C=O) groups excluding carboxylic acids is 1. The van der Waals surface area contributed by atoms with Crippen LogP contribution in [0.15, 0.2) is 54.9 Å². The van der Waals surface area contributed by atoms with E-state index in [1.165, 1.54) is 5.56 Å². The van der Waals surface area contributed by atoms with Gasteiger partial charge in [-0.3, -0.25) is 4.79 Å². The van der Waals surface area contributed by atoms with E-state index < -0.39 is 0 Å². The summed E-state index contributed by atoms with van der Waals surface area (Å²) in [5.41, 5.74) is 4.42. The summed E-state index contributed by atoms with van der Waals surface area (Å²) in [4.78, 5) is 18.7. The minimum Gasteiger partial charge on any atom is -0.339 e. The van der Waals surface area contributed by atoms with E-state index in [-0.39, 0.29) is 11.9 Å². The van der Waals surface area contributed by atoms with E-state index in [0.717, 1.165) is 16.6 Å². The van der Waals surface area contributed by atoms with Gasteiger partial charge >= 0.3 is 0 Å². The average molecular weight is 321 g/mol. The van der Waals surface area contributed by atoms with Gasteiger partial charge in [0.2, 0.25) is 5.91 Å². The van der Waals surface area contributed by atoms with E-state index in [9.17, 15) is 4.79 Å². The van der Waals surface area contributed by atoms with Gasteiger partial charge in [0.1, 0.15) is 0 Å². The first-order valence-electron chi connectivity index (χ1n) is 8.28. The lowest BCUT2D eigenvalue weighted by Crippen LogP contribution is -2.30. The van der Waals surface area contributed by atoms with Crippen LogP contribution in [0.1, 0.15) is 30.5 Å². The Bertz CT molecular complexity index is 835. The molecule has 0 saturated heterocycles. The number of para-hydroxylation sites is 2. The van der Waals surface area contributed by atoms with Crippen LogP contribution in [0.25, 0.3) is 11.0 Å². The standard InChI is InChI=1S/C20H23N3O/c1-15-8-10-17(11-9-15)16(2)22(3)20(24)12-13-23-14-21-18-6-4-5-7-19(18)23/h4-11,14,16H,12-13H2,1-3H3. The van der Waals surface area contributed by atoms with Gasteiger partial charge in [-0.05, 0) is 31.5 Å². The van der Waals surface area contributed by atoms with Crippen molar-refractivity contribution in [3.05, 3.63) is 66.0 Å². The van der Waals surface area contributed by atoms with Gasteiger partial charge in [0.15, 0.2) is 0 Å². The second-order valence-electron chi connectivity index (χ2n) is 6.27. The maximum absolute atomic E-state index is 12.5. The number of aromatic nitrogens is 2. The Hall–Kier alpha value is -2.62. The molecule has 4 heteroatoms. The number of fused-ring (bicyclic) bond motifs is 1. The lowest BCUT2D eigenvalue weighted by Gasteiger charge is -2.25. The van der Waals surface area contributed by atoms with Gasteiger partial charge in [-0.25, -0.2) is 4.98 Å². The van der Waals surface area contributed by atoms with Crippen LogP contribution < -0.4 is 0 Å². The summed E-state index contributed by atoms with van der Waals surface area (Å²) in [5.74, 6) is 0.140. The predicted molar refractivity (Wildman–Crippen MR) is 96.7 cm³/mol. The molecule has 1 heterocycles. The number of benzene rings is 2. The quantitative estimate of drug-likeness (QED) is 0.713. The Kier molecular flexibility index (Phi) is 4.65. The van der Waals surface area contributed by atoms with E-state index in [0.29, 0.717) is 13.0 Å². The third kappa shape index (κ3) is 3.32. The Balaban J connectivity index is 1.64. The molecule has 3 rings (SSSR count). The van der Waals surface area contributed by atoms with Gasteiger partial charge in [0, 0.05) is 20.0 Å². The first kappa shape index (κ1) is 16.2. The van der Waals surface area contributed by atoms with Gasteiger partial charge in [-0.2, -0.15) is 0 Å². The van der Waals surface area contributed by atoms with Crippen molar-refractivity contribution in [2.75, 3.05) is 7.05 Å². The highest BCUT2D eigenvalue weighted by Gasteiger charge is 2.17. The lowest BCUT2D eigenvalue weighted by atomic mass is 10.1. The maximum atomic E-state index is 12.5. The molecule has 1 amide bonds. The normalized spacial score (nSPS) is 12.3. The Labute approximate surface area is 142 Å². The van der Waals surface area contributed by atoms with Crippen molar-refractivity contribution in [1.82, 2.24) is 14.5 Å². The maximum Gasteiger partial charge on any atom is 0.224 e. The monoisotopic (exact) mass is 321 g/mol. The molecular formula is C20H23N3O. The highest BCUT2D eigenvalue weighted by Crippen LogP contribution is 2.20. The summed E-state index contributed by atoms with van der Waals surface area (Å²) in [6, 6.07) is 16.4. The third-order valence-corrected chi connectivity index (χ3v) is 4.63. The van der Waals surface area contributed by atoms with Crippen molar-refractivity contribution in [2.45, 2.75) is 32.9 Å². The first-order valence-corrected chi connectivity index (χ1v) is 8.28. The van der Waals surface area contributed by atoms with E-state index in [4.69, 9.17) is 0 Å². The molecule has 0 bridgehead atoms. The smallest absolute Gasteiger partial charge is 0.224 e. The molecule has 2 aromatic carbocycles. The molecule has 0 aliphatic carbocycles. The van der Waals surface area contributed by atoms with Crippen LogP contribution in [-0.2, 0) is 11.3 Å². The molecule has 0 N–H and O–H groups in total. The molecule has 4 nitrogen and oxygen atoms in total. The van der Waals surface area contributed by atoms with Gasteiger partial charge in [-0.15, -0.1) is 0 Å². The van der Waals surface area contributed by atoms with Crippen LogP contribution in [0.2, 0.25) is 0 Å². The Morgan fingerprint density at radius 1 is 1.17 bits per heavy atom. The minimum absolute atomic E-state index is 0.0673. The topological polar surface area (TPSA) is 38.1 Å². The Morgan fingerprint density at radius 2 is 1.88 bits per heavy atom. The van der Waals surface area contributed by atoms with Crippen LogP contribution in [0.4, 0.5) is 0 Å². The van der Waals surface area contributed by atoms with Gasteiger partial charge in [0.05, 0.1) is 23.4 Å². The zero-order chi connectivity index (χ0) is 17.1. The van der Waals surface area contributed by atoms with Crippen molar-refractivity contribution in [1.29, 1.82) is 0 Å². The largest absolute Gasteiger partial charge is 0.339 e. The highest BCUT2D eigenvalue weighted by molar-refractivity contribution is 5.77. The summed E-state index contributed by atoms with van der Waals surface area (Å²) in [6.45, 7) is 4.78. The molecule has 0 radical (unpaired) electrons. The molecule has 0 fully saturated rings. The fourth-order valence-corrected chi connectivity index (χ4v) is 2.87. The average Bonchev–Trinajstić information content (AvgIpc) is 3.02. The van der Waals surface area contributed by atoms with Crippen molar-refractivity contribution in [3.63, 3.8) is 0 Å². The van der Waals surface area contributed by atoms with Crippen LogP contribution in [0, 0.1) is 6.92 Å².